The van der Waals surface area contributed by atoms with Gasteiger partial charge in [0.25, 0.3) is 5.56 Å². The van der Waals surface area contributed by atoms with E-state index in [-0.39, 0.29) is 17.8 Å². The van der Waals surface area contributed by atoms with Crippen LogP contribution in [0.2, 0.25) is 0 Å². The van der Waals surface area contributed by atoms with E-state index in [0.717, 1.165) is 22.3 Å². The first kappa shape index (κ1) is 25.6. The molecule has 0 bridgehead atoms. The van der Waals surface area contributed by atoms with E-state index in [1.165, 1.54) is 0 Å². The molecule has 1 atom stereocenters. The molecule has 0 spiro atoms. The maximum absolute atomic E-state index is 12.1. The molecule has 0 saturated heterocycles. The fourth-order valence-electron chi connectivity index (χ4n) is 4.25. The van der Waals surface area contributed by atoms with Crippen LogP contribution in [0.25, 0.3) is 0 Å². The topological polar surface area (TPSA) is 121 Å². The number of hydrogen-bond donors (Lipinski definition) is 4. The van der Waals surface area contributed by atoms with Gasteiger partial charge in [-0.2, -0.15) is 0 Å². The minimum Gasteiger partial charge on any atom is -0.480 e. The predicted octanol–water partition coefficient (Wildman–Crippen LogP) is 4.16. The maximum Gasteiger partial charge on any atom is 0.325 e. The van der Waals surface area contributed by atoms with Crippen LogP contribution in [0.1, 0.15) is 39.4 Å². The van der Waals surface area contributed by atoms with Crippen LogP contribution in [-0.2, 0) is 17.8 Å². The molecule has 1 unspecified atom stereocenters. The molecule has 0 fully saturated rings. The Bertz CT molecular complexity index is 1470. The van der Waals surface area contributed by atoms with Crippen molar-refractivity contribution in [2.24, 2.45) is 0 Å². The Morgan fingerprint density at radius 2 is 1.73 bits per heavy atom. The first-order chi connectivity index (χ1) is 17.8. The lowest BCUT2D eigenvalue weighted by Gasteiger charge is -2.17. The van der Waals surface area contributed by atoms with Crippen LogP contribution < -0.4 is 16.6 Å². The van der Waals surface area contributed by atoms with Gasteiger partial charge in [-0.05, 0) is 53.8 Å². The Labute approximate surface area is 215 Å². The number of nitrogens with zero attached hydrogens (tertiary/aromatic N) is 1. The minimum absolute atomic E-state index is 0.0394. The molecule has 4 rings (SSSR count). The summed E-state index contributed by atoms with van der Waals surface area (Å²) in [6.45, 7) is 2.50. The highest BCUT2D eigenvalue weighted by Gasteiger charge is 2.20. The van der Waals surface area contributed by atoms with Crippen molar-refractivity contribution in [2.75, 3.05) is 12.3 Å². The fraction of sp³-hybridized carbons (Fsp3) is 0.167. The summed E-state index contributed by atoms with van der Waals surface area (Å²) >= 11 is 0. The van der Waals surface area contributed by atoms with Crippen molar-refractivity contribution in [1.29, 1.82) is 5.41 Å². The smallest absolute Gasteiger partial charge is 0.325 e. The van der Waals surface area contributed by atoms with E-state index in [1.807, 2.05) is 67.6 Å². The van der Waals surface area contributed by atoms with Crippen molar-refractivity contribution < 1.29 is 9.90 Å². The zero-order chi connectivity index (χ0) is 26.4. The number of aromatic nitrogens is 1. The van der Waals surface area contributed by atoms with Gasteiger partial charge in [-0.25, -0.2) is 0 Å². The van der Waals surface area contributed by atoms with Crippen molar-refractivity contribution in [1.82, 2.24) is 9.88 Å². The molecule has 0 saturated carbocycles. The Kier molecular flexibility index (Phi) is 7.95. The number of carbonyl (C=O) groups is 1. The fourth-order valence-corrected chi connectivity index (χ4v) is 4.25. The van der Waals surface area contributed by atoms with Gasteiger partial charge in [0, 0.05) is 30.1 Å². The summed E-state index contributed by atoms with van der Waals surface area (Å²) < 4.78 is 1.66. The third-order valence-electron chi connectivity index (χ3n) is 6.23. The van der Waals surface area contributed by atoms with Crippen LogP contribution in [0.4, 0.5) is 5.69 Å². The second-order valence-electron chi connectivity index (χ2n) is 9.13. The monoisotopic (exact) mass is 494 g/mol. The number of aryl methyl sites for hydroxylation is 1. The summed E-state index contributed by atoms with van der Waals surface area (Å²) in [6.07, 6.45) is 2.41. The van der Waals surface area contributed by atoms with Gasteiger partial charge in [0.2, 0.25) is 0 Å². The van der Waals surface area contributed by atoms with Crippen LogP contribution in [0.5, 0.6) is 0 Å². The highest BCUT2D eigenvalue weighted by atomic mass is 16.4. The molecule has 0 amide bonds. The van der Waals surface area contributed by atoms with Crippen LogP contribution in [0, 0.1) is 12.3 Å². The molecule has 1 aromatic heterocycles. The summed E-state index contributed by atoms with van der Waals surface area (Å²) in [5.74, 6) is -1.01. The Balaban J connectivity index is 1.43. The van der Waals surface area contributed by atoms with Gasteiger partial charge < -0.3 is 20.8 Å². The molecule has 5 N–H and O–H groups in total. The van der Waals surface area contributed by atoms with Gasteiger partial charge in [0.1, 0.15) is 6.04 Å². The molecule has 0 aliphatic carbocycles. The number of carboxylic acids is 1. The van der Waals surface area contributed by atoms with Crippen molar-refractivity contribution in [2.45, 2.75) is 25.9 Å². The zero-order valence-corrected chi connectivity index (χ0v) is 20.6. The third-order valence-corrected chi connectivity index (χ3v) is 6.23. The molecule has 0 aliphatic rings. The highest BCUT2D eigenvalue weighted by molar-refractivity contribution is 6.04. The van der Waals surface area contributed by atoms with Crippen molar-refractivity contribution in [3.63, 3.8) is 0 Å². The molecule has 0 aliphatic heterocycles. The number of hydrogen-bond acceptors (Lipinski definition) is 5. The number of nitrogen functional groups attached to an aromatic ring is 1. The quantitative estimate of drug-likeness (QED) is 0.195. The number of benzene rings is 3. The summed E-state index contributed by atoms with van der Waals surface area (Å²) in [6, 6.07) is 25.1. The zero-order valence-electron chi connectivity index (χ0n) is 20.6. The van der Waals surface area contributed by atoms with Crippen molar-refractivity contribution >= 4 is 17.4 Å². The molecule has 3 aromatic carbocycles. The average Bonchev–Trinajstić information content (AvgIpc) is 2.88. The second-order valence-corrected chi connectivity index (χ2v) is 9.13. The molecule has 7 nitrogen and oxygen atoms in total. The van der Waals surface area contributed by atoms with E-state index in [0.29, 0.717) is 29.8 Å². The van der Waals surface area contributed by atoms with Gasteiger partial charge in [0.05, 0.1) is 12.3 Å². The summed E-state index contributed by atoms with van der Waals surface area (Å²) in [5, 5.41) is 21.3. The summed E-state index contributed by atoms with van der Waals surface area (Å²) in [7, 11) is 0. The number of carboxylic acid groups (broad SMARTS) is 1. The lowest BCUT2D eigenvalue weighted by molar-refractivity contribution is -0.139. The molecule has 0 radical (unpaired) electrons. The number of anilines is 1. The van der Waals surface area contributed by atoms with Gasteiger partial charge in [-0.15, -0.1) is 0 Å². The third kappa shape index (κ3) is 6.59. The van der Waals surface area contributed by atoms with Gasteiger partial charge in [-0.3, -0.25) is 14.9 Å². The van der Waals surface area contributed by atoms with Crippen molar-refractivity contribution in [3.05, 3.63) is 135 Å². The number of nitrogens with two attached hydrogens (primary N) is 1. The van der Waals surface area contributed by atoms with Crippen LogP contribution in [-0.4, -0.2) is 27.9 Å². The van der Waals surface area contributed by atoms with Crippen molar-refractivity contribution in [3.8, 4) is 0 Å². The second kappa shape index (κ2) is 11.5. The largest absolute Gasteiger partial charge is 0.480 e. The number of nitrogens with one attached hydrogen (secondary N) is 2. The van der Waals surface area contributed by atoms with E-state index in [4.69, 9.17) is 11.1 Å². The van der Waals surface area contributed by atoms with Gasteiger partial charge in [0.15, 0.2) is 0 Å². The number of rotatable bonds is 10. The first-order valence-electron chi connectivity index (χ1n) is 12.0. The number of pyridine rings is 1. The molecule has 7 heteroatoms. The summed E-state index contributed by atoms with van der Waals surface area (Å²) in [5.41, 5.74) is 12.0. The van der Waals surface area contributed by atoms with E-state index >= 15 is 0 Å². The van der Waals surface area contributed by atoms with E-state index in [9.17, 15) is 14.7 Å². The maximum atomic E-state index is 12.1. The lowest BCUT2D eigenvalue weighted by Crippen LogP contribution is -2.33. The first-order valence-corrected chi connectivity index (χ1v) is 12.0. The normalized spacial score (nSPS) is 11.7. The molecule has 4 aromatic rings. The highest BCUT2D eigenvalue weighted by Crippen LogP contribution is 2.19. The standard InChI is InChI=1S/C30H30N4O3/c1-20-8-13-26(31)25(15-20)27(32)18-33-29(30(36)37)24-6-4-5-23(17-24)16-21-9-11-22(12-10-21)19-34-14-3-2-7-28(34)35/h2-15,17,29,32-33H,16,18-19,31H2,1H3,(H,36,37). The summed E-state index contributed by atoms with van der Waals surface area (Å²) in [4.78, 5) is 24.0. The molecule has 1 heterocycles. The van der Waals surface area contributed by atoms with Crippen LogP contribution >= 0.6 is 0 Å². The molecular formula is C30H30N4O3. The van der Waals surface area contributed by atoms with Crippen LogP contribution in [0.15, 0.2) is 95.9 Å². The Morgan fingerprint density at radius 3 is 2.46 bits per heavy atom. The average molecular weight is 495 g/mol. The van der Waals surface area contributed by atoms with E-state index in [1.54, 1.807) is 35.0 Å². The van der Waals surface area contributed by atoms with Gasteiger partial charge >= 0.3 is 5.97 Å². The molecular weight excluding hydrogens is 464 g/mol. The van der Waals surface area contributed by atoms with Crippen LogP contribution in [0.3, 0.4) is 0 Å². The SMILES string of the molecule is Cc1ccc(N)c(C(=N)CNC(C(=O)O)c2cccc(Cc3ccc(Cn4ccccc4=O)cc3)c2)c1. The predicted molar refractivity (Wildman–Crippen MR) is 146 cm³/mol. The van der Waals surface area contributed by atoms with E-state index in [2.05, 4.69) is 5.32 Å². The van der Waals surface area contributed by atoms with E-state index < -0.39 is 12.0 Å². The van der Waals surface area contributed by atoms with Gasteiger partial charge in [-0.1, -0.05) is 66.2 Å². The minimum atomic E-state index is -1.01. The Morgan fingerprint density at radius 1 is 0.973 bits per heavy atom. The number of aliphatic carboxylic acids is 1. The molecule has 37 heavy (non-hydrogen) atoms. The molecule has 188 valence electrons. The lowest BCUT2D eigenvalue weighted by atomic mass is 9.98. The Hall–Kier alpha value is -4.49.